The van der Waals surface area contributed by atoms with E-state index < -0.39 is 18.0 Å². The number of aliphatic hydroxyl groups excluding tert-OH is 1. The van der Waals surface area contributed by atoms with Crippen molar-refractivity contribution in [2.45, 2.75) is 39.2 Å². The molecular formula is C14H20O3. The molecule has 0 aliphatic rings. The number of aliphatic hydroxyl groups is 1. The van der Waals surface area contributed by atoms with Crippen molar-refractivity contribution in [1.29, 1.82) is 0 Å². The van der Waals surface area contributed by atoms with Crippen molar-refractivity contribution >= 4 is 5.97 Å². The van der Waals surface area contributed by atoms with Crippen LogP contribution in [0.15, 0.2) is 24.3 Å². The highest BCUT2D eigenvalue weighted by molar-refractivity contribution is 5.70. The average Bonchev–Trinajstić information content (AvgIpc) is 2.28. The first kappa shape index (κ1) is 13.7. The van der Waals surface area contributed by atoms with Crippen LogP contribution in [0, 0.1) is 5.92 Å². The van der Waals surface area contributed by atoms with Crippen molar-refractivity contribution in [2.75, 3.05) is 0 Å². The maximum atomic E-state index is 10.7. The zero-order valence-corrected chi connectivity index (χ0v) is 10.6. The first-order valence-corrected chi connectivity index (χ1v) is 5.91. The Bertz CT molecular complexity index is 368. The predicted molar refractivity (Wildman–Crippen MR) is 67.0 cm³/mol. The minimum absolute atomic E-state index is 0.381. The molecule has 0 heterocycles. The van der Waals surface area contributed by atoms with Crippen LogP contribution in [0.5, 0.6) is 0 Å². The van der Waals surface area contributed by atoms with Gasteiger partial charge in [0.05, 0.1) is 12.0 Å². The Morgan fingerprint density at radius 1 is 1.18 bits per heavy atom. The minimum Gasteiger partial charge on any atom is -0.481 e. The summed E-state index contributed by atoms with van der Waals surface area (Å²) >= 11 is 0. The molecule has 2 N–H and O–H groups in total. The summed E-state index contributed by atoms with van der Waals surface area (Å²) in [4.78, 5) is 10.7. The molecule has 0 bridgehead atoms. The van der Waals surface area contributed by atoms with E-state index in [1.165, 1.54) is 12.5 Å². The van der Waals surface area contributed by atoms with Crippen molar-refractivity contribution in [3.8, 4) is 0 Å². The Labute approximate surface area is 102 Å². The number of hydrogen-bond acceptors (Lipinski definition) is 2. The van der Waals surface area contributed by atoms with Crippen molar-refractivity contribution in [1.82, 2.24) is 0 Å². The van der Waals surface area contributed by atoms with Gasteiger partial charge in [0, 0.05) is 0 Å². The highest BCUT2D eigenvalue weighted by Gasteiger charge is 2.21. The second-order valence-corrected chi connectivity index (χ2v) is 4.79. The van der Waals surface area contributed by atoms with E-state index >= 15 is 0 Å². The number of carboxylic acids is 1. The van der Waals surface area contributed by atoms with Crippen molar-refractivity contribution in [3.05, 3.63) is 35.4 Å². The predicted octanol–water partition coefficient (Wildman–Crippen LogP) is 2.43. The molecule has 94 valence electrons. The van der Waals surface area contributed by atoms with Gasteiger partial charge in [-0.25, -0.2) is 0 Å². The van der Waals surface area contributed by atoms with Crippen molar-refractivity contribution < 1.29 is 15.0 Å². The Morgan fingerprint density at radius 2 is 1.71 bits per heavy atom. The van der Waals surface area contributed by atoms with Crippen LogP contribution in [-0.2, 0) is 11.2 Å². The molecule has 0 radical (unpaired) electrons. The van der Waals surface area contributed by atoms with Crippen molar-refractivity contribution in [3.63, 3.8) is 0 Å². The molecule has 3 nitrogen and oxygen atoms in total. The van der Waals surface area contributed by atoms with Gasteiger partial charge in [0.2, 0.25) is 0 Å². The van der Waals surface area contributed by atoms with Gasteiger partial charge < -0.3 is 10.2 Å². The van der Waals surface area contributed by atoms with Gasteiger partial charge in [0.15, 0.2) is 0 Å². The lowest BCUT2D eigenvalue weighted by Gasteiger charge is -2.15. The van der Waals surface area contributed by atoms with E-state index in [0.29, 0.717) is 12.3 Å². The molecular weight excluding hydrogens is 216 g/mol. The first-order chi connectivity index (χ1) is 7.91. The first-order valence-electron chi connectivity index (χ1n) is 5.91. The standard InChI is InChI=1S/C14H20O3/c1-9(2)12-6-4-11(5-7-12)8-13(15)10(3)14(16)17/h4-7,9-10,13,15H,8H2,1-3H3,(H,16,17). The highest BCUT2D eigenvalue weighted by Crippen LogP contribution is 2.17. The summed E-state index contributed by atoms with van der Waals surface area (Å²) < 4.78 is 0. The molecule has 0 saturated carbocycles. The van der Waals surface area contributed by atoms with Crippen molar-refractivity contribution in [2.24, 2.45) is 5.92 Å². The van der Waals surface area contributed by atoms with Crippen LogP contribution in [0.3, 0.4) is 0 Å². The van der Waals surface area contributed by atoms with Crippen LogP contribution < -0.4 is 0 Å². The maximum Gasteiger partial charge on any atom is 0.308 e. The third-order valence-electron chi connectivity index (χ3n) is 3.06. The zero-order valence-electron chi connectivity index (χ0n) is 10.6. The Hall–Kier alpha value is -1.35. The molecule has 17 heavy (non-hydrogen) atoms. The molecule has 1 rings (SSSR count). The normalized spacial score (nSPS) is 14.6. The third-order valence-corrected chi connectivity index (χ3v) is 3.06. The quantitative estimate of drug-likeness (QED) is 0.825. The molecule has 0 spiro atoms. The summed E-state index contributed by atoms with van der Waals surface area (Å²) in [6, 6.07) is 7.95. The lowest BCUT2D eigenvalue weighted by molar-refractivity contribution is -0.144. The molecule has 1 aromatic carbocycles. The molecule has 0 aliphatic heterocycles. The van der Waals surface area contributed by atoms with Gasteiger partial charge >= 0.3 is 5.97 Å². The van der Waals surface area contributed by atoms with Crippen LogP contribution in [0.4, 0.5) is 0 Å². The number of rotatable bonds is 5. The zero-order chi connectivity index (χ0) is 13.0. The molecule has 0 saturated heterocycles. The third kappa shape index (κ3) is 3.86. The van der Waals surface area contributed by atoms with E-state index in [-0.39, 0.29) is 0 Å². The smallest absolute Gasteiger partial charge is 0.308 e. The van der Waals surface area contributed by atoms with Gasteiger partial charge in [-0.1, -0.05) is 38.1 Å². The summed E-state index contributed by atoms with van der Waals surface area (Å²) in [5.41, 5.74) is 2.21. The molecule has 3 heteroatoms. The number of aliphatic carboxylic acids is 1. The van der Waals surface area contributed by atoms with E-state index in [2.05, 4.69) is 13.8 Å². The Kier molecular flexibility index (Phi) is 4.70. The molecule has 0 fully saturated rings. The molecule has 0 amide bonds. The molecule has 0 aliphatic carbocycles. The average molecular weight is 236 g/mol. The van der Waals surface area contributed by atoms with Gasteiger partial charge in [-0.05, 0) is 30.4 Å². The van der Waals surface area contributed by atoms with Crippen LogP contribution in [0.25, 0.3) is 0 Å². The summed E-state index contributed by atoms with van der Waals surface area (Å²) in [5.74, 6) is -1.22. The Balaban J connectivity index is 2.66. The molecule has 0 aromatic heterocycles. The second kappa shape index (κ2) is 5.82. The maximum absolute atomic E-state index is 10.7. The van der Waals surface area contributed by atoms with Crippen LogP contribution >= 0.6 is 0 Å². The fourth-order valence-electron chi connectivity index (χ4n) is 1.62. The minimum atomic E-state index is -0.962. The van der Waals surface area contributed by atoms with E-state index in [4.69, 9.17) is 5.11 Å². The van der Waals surface area contributed by atoms with Gasteiger partial charge in [-0.15, -0.1) is 0 Å². The summed E-state index contributed by atoms with van der Waals surface area (Å²) in [7, 11) is 0. The van der Waals surface area contributed by atoms with Gasteiger partial charge in [0.25, 0.3) is 0 Å². The summed E-state index contributed by atoms with van der Waals surface area (Å²) in [5, 5.41) is 18.5. The van der Waals surface area contributed by atoms with Crippen LogP contribution in [0.2, 0.25) is 0 Å². The monoisotopic (exact) mass is 236 g/mol. The second-order valence-electron chi connectivity index (χ2n) is 4.79. The van der Waals surface area contributed by atoms with Gasteiger partial charge in [0.1, 0.15) is 0 Å². The lowest BCUT2D eigenvalue weighted by Crippen LogP contribution is -2.27. The Morgan fingerprint density at radius 3 is 2.12 bits per heavy atom. The molecule has 1 aromatic rings. The lowest BCUT2D eigenvalue weighted by atomic mass is 9.95. The van der Waals surface area contributed by atoms with E-state index in [1.54, 1.807) is 0 Å². The number of hydrogen-bond donors (Lipinski definition) is 2. The fraction of sp³-hybridized carbons (Fsp3) is 0.500. The van der Waals surface area contributed by atoms with E-state index in [0.717, 1.165) is 5.56 Å². The van der Waals surface area contributed by atoms with Gasteiger partial charge in [-0.2, -0.15) is 0 Å². The van der Waals surface area contributed by atoms with Crippen LogP contribution in [0.1, 0.15) is 37.8 Å². The number of carboxylic acid groups (broad SMARTS) is 1. The van der Waals surface area contributed by atoms with Crippen LogP contribution in [-0.4, -0.2) is 22.3 Å². The van der Waals surface area contributed by atoms with E-state index in [9.17, 15) is 9.90 Å². The van der Waals surface area contributed by atoms with Gasteiger partial charge in [-0.3, -0.25) is 4.79 Å². The SMILES string of the molecule is CC(C)c1ccc(CC(O)C(C)C(=O)O)cc1. The molecule has 2 unspecified atom stereocenters. The topological polar surface area (TPSA) is 57.5 Å². The fourth-order valence-corrected chi connectivity index (χ4v) is 1.62. The number of carbonyl (C=O) groups is 1. The van der Waals surface area contributed by atoms with E-state index in [1.807, 2.05) is 24.3 Å². The largest absolute Gasteiger partial charge is 0.481 e. The summed E-state index contributed by atoms with van der Waals surface area (Å²) in [6.07, 6.45) is -0.455. The highest BCUT2D eigenvalue weighted by atomic mass is 16.4. The molecule has 2 atom stereocenters. The summed E-state index contributed by atoms with van der Waals surface area (Å²) in [6.45, 7) is 5.77. The number of benzene rings is 1.